The molecular formula is C8H10N4OS. The minimum atomic E-state index is 0.306. The molecule has 4 N–H and O–H groups in total. The molecule has 14 heavy (non-hydrogen) atoms. The van der Waals surface area contributed by atoms with Gasteiger partial charge in [0, 0.05) is 13.2 Å². The fourth-order valence-corrected chi connectivity index (χ4v) is 1.60. The number of hydrogen-bond acceptors (Lipinski definition) is 6. The number of rotatable bonds is 3. The maximum absolute atomic E-state index is 8.82. The normalized spacial score (nSPS) is 9.71. The van der Waals surface area contributed by atoms with E-state index in [1.807, 2.05) is 6.07 Å². The van der Waals surface area contributed by atoms with Gasteiger partial charge in [-0.05, 0) is 0 Å². The first-order valence-electron chi connectivity index (χ1n) is 3.77. The molecule has 0 atom stereocenters. The molecule has 74 valence electrons. The van der Waals surface area contributed by atoms with Gasteiger partial charge in [0.25, 0.3) is 0 Å². The zero-order valence-corrected chi connectivity index (χ0v) is 8.47. The molecule has 0 spiro atoms. The highest BCUT2D eigenvalue weighted by Crippen LogP contribution is 2.25. The van der Waals surface area contributed by atoms with E-state index in [1.165, 1.54) is 17.8 Å². The molecule has 1 heterocycles. The molecule has 0 bridgehead atoms. The summed E-state index contributed by atoms with van der Waals surface area (Å²) in [6, 6.07) is 3.45. The van der Waals surface area contributed by atoms with Crippen LogP contribution in [-0.4, -0.2) is 18.0 Å². The molecule has 1 aromatic rings. The van der Waals surface area contributed by atoms with Crippen molar-refractivity contribution in [2.75, 3.05) is 24.5 Å². The van der Waals surface area contributed by atoms with Gasteiger partial charge in [-0.3, -0.25) is 0 Å². The average molecular weight is 210 g/mol. The monoisotopic (exact) mass is 210 g/mol. The molecule has 0 fully saturated rings. The SMILES string of the molecule is COCSc1nc(N)cc(N)c1C#N. The average Bonchev–Trinajstić information content (AvgIpc) is 2.14. The third-order valence-corrected chi connectivity index (χ3v) is 2.38. The smallest absolute Gasteiger partial charge is 0.126 e. The van der Waals surface area contributed by atoms with Gasteiger partial charge < -0.3 is 16.2 Å². The number of nitrogen functional groups attached to an aromatic ring is 2. The van der Waals surface area contributed by atoms with Crippen LogP contribution in [0.2, 0.25) is 0 Å². The second-order valence-corrected chi connectivity index (χ2v) is 3.39. The quantitative estimate of drug-likeness (QED) is 0.566. The molecule has 0 amide bonds. The van der Waals surface area contributed by atoms with Gasteiger partial charge in [-0.2, -0.15) is 5.26 Å². The predicted molar refractivity (Wildman–Crippen MR) is 55.5 cm³/mol. The lowest BCUT2D eigenvalue weighted by Crippen LogP contribution is -2.00. The van der Waals surface area contributed by atoms with Crippen LogP contribution in [0.4, 0.5) is 11.5 Å². The lowest BCUT2D eigenvalue weighted by Gasteiger charge is -2.05. The van der Waals surface area contributed by atoms with Crippen LogP contribution < -0.4 is 11.5 Å². The lowest BCUT2D eigenvalue weighted by molar-refractivity contribution is 0.258. The Morgan fingerprint density at radius 2 is 2.36 bits per heavy atom. The summed E-state index contributed by atoms with van der Waals surface area (Å²) in [6.45, 7) is 0. The molecule has 0 aliphatic rings. The third-order valence-electron chi connectivity index (χ3n) is 1.46. The molecule has 6 heteroatoms. The van der Waals surface area contributed by atoms with E-state index in [0.717, 1.165) is 0 Å². The first-order valence-corrected chi connectivity index (χ1v) is 4.75. The van der Waals surface area contributed by atoms with Crippen molar-refractivity contribution in [3.05, 3.63) is 11.6 Å². The van der Waals surface area contributed by atoms with E-state index in [1.54, 1.807) is 7.11 Å². The summed E-state index contributed by atoms with van der Waals surface area (Å²) in [5, 5.41) is 9.33. The van der Waals surface area contributed by atoms with Gasteiger partial charge in [0.15, 0.2) is 0 Å². The van der Waals surface area contributed by atoms with Crippen molar-refractivity contribution in [2.45, 2.75) is 5.03 Å². The van der Waals surface area contributed by atoms with Gasteiger partial charge in [-0.1, -0.05) is 11.8 Å². The van der Waals surface area contributed by atoms with Crippen molar-refractivity contribution < 1.29 is 4.74 Å². The van der Waals surface area contributed by atoms with E-state index in [2.05, 4.69) is 4.98 Å². The molecular weight excluding hydrogens is 200 g/mol. The highest BCUT2D eigenvalue weighted by atomic mass is 32.2. The summed E-state index contributed by atoms with van der Waals surface area (Å²) in [7, 11) is 1.56. The van der Waals surface area contributed by atoms with E-state index in [9.17, 15) is 0 Å². The first-order chi connectivity index (χ1) is 6.69. The molecule has 0 aromatic carbocycles. The van der Waals surface area contributed by atoms with Crippen LogP contribution in [0, 0.1) is 11.3 Å². The number of nitrogens with two attached hydrogens (primary N) is 2. The van der Waals surface area contributed by atoms with E-state index in [-0.39, 0.29) is 0 Å². The van der Waals surface area contributed by atoms with Crippen LogP contribution in [0.25, 0.3) is 0 Å². The van der Waals surface area contributed by atoms with E-state index >= 15 is 0 Å². The third kappa shape index (κ3) is 2.28. The number of thioether (sulfide) groups is 1. The summed E-state index contributed by atoms with van der Waals surface area (Å²) in [6.07, 6.45) is 0. The Labute approximate surface area is 86.1 Å². The molecule has 1 aromatic heterocycles. The fourth-order valence-electron chi connectivity index (χ4n) is 0.892. The van der Waals surface area contributed by atoms with Crippen molar-refractivity contribution in [1.29, 1.82) is 5.26 Å². The van der Waals surface area contributed by atoms with Gasteiger partial charge in [0.05, 0.1) is 11.6 Å². The Bertz CT molecular complexity index is 374. The second-order valence-electron chi connectivity index (χ2n) is 2.48. The number of aromatic nitrogens is 1. The van der Waals surface area contributed by atoms with Gasteiger partial charge in [-0.25, -0.2) is 4.98 Å². The Balaban J connectivity index is 3.07. The van der Waals surface area contributed by atoms with E-state index in [0.29, 0.717) is 28.0 Å². The number of nitrogens with zero attached hydrogens (tertiary/aromatic N) is 2. The number of ether oxygens (including phenoxy) is 1. The number of hydrogen-bond donors (Lipinski definition) is 2. The number of anilines is 2. The molecule has 0 saturated carbocycles. The van der Waals surface area contributed by atoms with Crippen LogP contribution in [-0.2, 0) is 4.74 Å². The summed E-state index contributed by atoms with van der Waals surface area (Å²) >= 11 is 1.28. The van der Waals surface area contributed by atoms with E-state index < -0.39 is 0 Å². The molecule has 0 saturated heterocycles. The van der Waals surface area contributed by atoms with Crippen LogP contribution in [0.15, 0.2) is 11.1 Å². The predicted octanol–water partition coefficient (Wildman–Crippen LogP) is 0.814. The first kappa shape index (κ1) is 10.6. The highest BCUT2D eigenvalue weighted by Gasteiger charge is 2.09. The topological polar surface area (TPSA) is 97.9 Å². The van der Waals surface area contributed by atoms with Gasteiger partial charge in [0.2, 0.25) is 0 Å². The van der Waals surface area contributed by atoms with Crippen LogP contribution in [0.3, 0.4) is 0 Å². The Morgan fingerprint density at radius 1 is 1.64 bits per heavy atom. The summed E-state index contributed by atoms with van der Waals surface area (Å²) < 4.78 is 4.86. The minimum Gasteiger partial charge on any atom is -0.397 e. The number of nitriles is 1. The molecule has 0 aliphatic carbocycles. The van der Waals surface area contributed by atoms with Gasteiger partial charge in [-0.15, -0.1) is 0 Å². The van der Waals surface area contributed by atoms with Crippen LogP contribution in [0.5, 0.6) is 0 Å². The Kier molecular flexibility index (Phi) is 3.56. The molecule has 0 radical (unpaired) electrons. The fraction of sp³-hybridized carbons (Fsp3) is 0.250. The maximum atomic E-state index is 8.82. The molecule has 1 rings (SSSR count). The maximum Gasteiger partial charge on any atom is 0.126 e. The molecule has 0 aliphatic heterocycles. The molecule has 5 nitrogen and oxygen atoms in total. The Hall–Kier alpha value is -1.45. The van der Waals surface area contributed by atoms with Crippen molar-refractivity contribution in [3.63, 3.8) is 0 Å². The van der Waals surface area contributed by atoms with Crippen LogP contribution >= 0.6 is 11.8 Å². The Morgan fingerprint density at radius 3 is 2.93 bits per heavy atom. The summed E-state index contributed by atoms with van der Waals surface area (Å²) in [5.41, 5.74) is 11.8. The number of methoxy groups -OCH3 is 1. The minimum absolute atomic E-state index is 0.306. The zero-order chi connectivity index (χ0) is 10.6. The van der Waals surface area contributed by atoms with Crippen molar-refractivity contribution >= 4 is 23.3 Å². The summed E-state index contributed by atoms with van der Waals surface area (Å²) in [4.78, 5) is 4.00. The van der Waals surface area contributed by atoms with E-state index in [4.69, 9.17) is 21.5 Å². The molecule has 0 unspecified atom stereocenters. The largest absolute Gasteiger partial charge is 0.397 e. The van der Waals surface area contributed by atoms with Crippen molar-refractivity contribution in [2.24, 2.45) is 0 Å². The van der Waals surface area contributed by atoms with Crippen LogP contribution in [0.1, 0.15) is 5.56 Å². The van der Waals surface area contributed by atoms with Gasteiger partial charge >= 0.3 is 0 Å². The highest BCUT2D eigenvalue weighted by molar-refractivity contribution is 7.99. The standard InChI is InChI=1S/C8H10N4OS/c1-13-4-14-8-5(3-9)6(10)2-7(11)12-8/h2H,4H2,1H3,(H4,10,11,12). The van der Waals surface area contributed by atoms with Crippen molar-refractivity contribution in [3.8, 4) is 6.07 Å². The van der Waals surface area contributed by atoms with Gasteiger partial charge in [0.1, 0.15) is 22.5 Å². The number of pyridine rings is 1. The van der Waals surface area contributed by atoms with Crippen molar-refractivity contribution in [1.82, 2.24) is 4.98 Å². The lowest BCUT2D eigenvalue weighted by atomic mass is 10.2. The second kappa shape index (κ2) is 4.69. The summed E-state index contributed by atoms with van der Waals surface area (Å²) in [5.74, 6) is 0.713. The zero-order valence-electron chi connectivity index (χ0n) is 7.65.